The Hall–Kier alpha value is -1.58. The molecule has 0 fully saturated rings. The van der Waals surface area contributed by atoms with Gasteiger partial charge in [-0.3, -0.25) is 0 Å². The van der Waals surface area contributed by atoms with Crippen LogP contribution in [0.4, 0.5) is 13.2 Å². The molecular formula is C14H14F3N. The molecule has 0 unspecified atom stereocenters. The minimum Gasteiger partial charge on any atom is -0.243 e. The Morgan fingerprint density at radius 3 is 2.56 bits per heavy atom. The number of pyridine rings is 1. The average molecular weight is 253 g/mol. The minimum absolute atomic E-state index is 0.415. The summed E-state index contributed by atoms with van der Waals surface area (Å²) in [5, 5.41) is 0.818. The van der Waals surface area contributed by atoms with Gasteiger partial charge < -0.3 is 0 Å². The summed E-state index contributed by atoms with van der Waals surface area (Å²) in [5.74, 6) is 0. The molecule has 0 radical (unpaired) electrons. The van der Waals surface area contributed by atoms with Crippen LogP contribution in [0.3, 0.4) is 0 Å². The molecule has 1 heterocycles. The van der Waals surface area contributed by atoms with Gasteiger partial charge in [0.2, 0.25) is 0 Å². The molecule has 4 heteroatoms. The smallest absolute Gasteiger partial charge is 0.243 e. The van der Waals surface area contributed by atoms with Crippen molar-refractivity contribution in [2.75, 3.05) is 0 Å². The zero-order valence-electron chi connectivity index (χ0n) is 10.1. The van der Waals surface area contributed by atoms with Gasteiger partial charge in [0.05, 0.1) is 5.52 Å². The lowest BCUT2D eigenvalue weighted by Gasteiger charge is -2.11. The maximum Gasteiger partial charge on any atom is 0.433 e. The van der Waals surface area contributed by atoms with E-state index in [1.165, 1.54) is 6.07 Å². The van der Waals surface area contributed by atoms with E-state index in [1.54, 1.807) is 12.1 Å². The van der Waals surface area contributed by atoms with Crippen molar-refractivity contribution in [2.45, 2.75) is 32.4 Å². The molecule has 0 saturated carbocycles. The first kappa shape index (κ1) is 12.9. The SMILES string of the molecule is CCCCc1cc(C(F)(F)F)nc2ccccc12. The van der Waals surface area contributed by atoms with E-state index >= 15 is 0 Å². The maximum absolute atomic E-state index is 12.8. The van der Waals surface area contributed by atoms with E-state index in [1.807, 2.05) is 19.1 Å². The summed E-state index contributed by atoms with van der Waals surface area (Å²) >= 11 is 0. The fourth-order valence-electron chi connectivity index (χ4n) is 1.97. The van der Waals surface area contributed by atoms with Crippen LogP contribution in [0.25, 0.3) is 10.9 Å². The van der Waals surface area contributed by atoms with Crippen LogP contribution in [0.15, 0.2) is 30.3 Å². The third-order valence-electron chi connectivity index (χ3n) is 2.89. The monoisotopic (exact) mass is 253 g/mol. The van der Waals surface area contributed by atoms with Crippen LogP contribution >= 0.6 is 0 Å². The summed E-state index contributed by atoms with van der Waals surface area (Å²) in [6, 6.07) is 8.16. The van der Waals surface area contributed by atoms with Crippen molar-refractivity contribution in [1.29, 1.82) is 0 Å². The van der Waals surface area contributed by atoms with Crippen LogP contribution in [0, 0.1) is 0 Å². The largest absolute Gasteiger partial charge is 0.433 e. The van der Waals surface area contributed by atoms with Crippen molar-refractivity contribution in [1.82, 2.24) is 4.98 Å². The van der Waals surface area contributed by atoms with Crippen molar-refractivity contribution in [3.8, 4) is 0 Å². The Balaban J connectivity index is 2.57. The lowest BCUT2D eigenvalue weighted by molar-refractivity contribution is -0.141. The molecule has 0 N–H and O–H groups in total. The van der Waals surface area contributed by atoms with Crippen molar-refractivity contribution < 1.29 is 13.2 Å². The number of benzene rings is 1. The Morgan fingerprint density at radius 2 is 1.89 bits per heavy atom. The van der Waals surface area contributed by atoms with E-state index < -0.39 is 11.9 Å². The molecule has 0 spiro atoms. The minimum atomic E-state index is -4.38. The van der Waals surface area contributed by atoms with Gasteiger partial charge in [-0.15, -0.1) is 0 Å². The van der Waals surface area contributed by atoms with Gasteiger partial charge in [-0.2, -0.15) is 13.2 Å². The second kappa shape index (κ2) is 4.96. The van der Waals surface area contributed by atoms with Gasteiger partial charge in [0.25, 0.3) is 0 Å². The van der Waals surface area contributed by atoms with Crippen molar-refractivity contribution in [3.63, 3.8) is 0 Å². The highest BCUT2D eigenvalue weighted by molar-refractivity contribution is 5.82. The van der Waals surface area contributed by atoms with E-state index in [0.717, 1.165) is 23.8 Å². The van der Waals surface area contributed by atoms with Crippen LogP contribution in [-0.4, -0.2) is 4.98 Å². The predicted octanol–water partition coefficient (Wildman–Crippen LogP) is 4.60. The van der Waals surface area contributed by atoms with E-state index in [2.05, 4.69) is 4.98 Å². The molecule has 1 aromatic carbocycles. The van der Waals surface area contributed by atoms with Gasteiger partial charge in [-0.25, -0.2) is 4.98 Å². The van der Waals surface area contributed by atoms with Crippen LogP contribution in [0.5, 0.6) is 0 Å². The summed E-state index contributed by atoms with van der Waals surface area (Å²) < 4.78 is 38.3. The Bertz CT molecular complexity index is 546. The molecule has 0 saturated heterocycles. The van der Waals surface area contributed by atoms with Gasteiger partial charge >= 0.3 is 6.18 Å². The maximum atomic E-state index is 12.8. The van der Waals surface area contributed by atoms with E-state index in [9.17, 15) is 13.2 Å². The van der Waals surface area contributed by atoms with Gasteiger partial charge in [0, 0.05) is 5.39 Å². The molecule has 18 heavy (non-hydrogen) atoms. The molecule has 0 amide bonds. The average Bonchev–Trinajstić information content (AvgIpc) is 2.34. The number of alkyl halides is 3. The summed E-state index contributed by atoms with van der Waals surface area (Å²) in [4.78, 5) is 3.69. The number of rotatable bonds is 3. The third-order valence-corrected chi connectivity index (χ3v) is 2.89. The molecule has 0 aliphatic rings. The highest BCUT2D eigenvalue weighted by Crippen LogP contribution is 2.31. The van der Waals surface area contributed by atoms with Crippen LogP contribution in [0.2, 0.25) is 0 Å². The fourth-order valence-corrected chi connectivity index (χ4v) is 1.97. The number of fused-ring (bicyclic) bond motifs is 1. The molecule has 0 aliphatic heterocycles. The Kier molecular flexibility index (Phi) is 3.55. The van der Waals surface area contributed by atoms with Crippen LogP contribution in [-0.2, 0) is 12.6 Å². The second-order valence-electron chi connectivity index (χ2n) is 4.29. The number of unbranched alkanes of at least 4 members (excludes halogenated alkanes) is 1. The summed E-state index contributed by atoms with van der Waals surface area (Å²) in [7, 11) is 0. The molecule has 96 valence electrons. The Labute approximate surface area is 104 Å². The predicted molar refractivity (Wildman–Crippen MR) is 65.4 cm³/mol. The number of hydrogen-bond donors (Lipinski definition) is 0. The first-order valence-corrected chi connectivity index (χ1v) is 5.98. The number of hydrogen-bond acceptors (Lipinski definition) is 1. The van der Waals surface area contributed by atoms with Crippen molar-refractivity contribution in [2.24, 2.45) is 0 Å². The Morgan fingerprint density at radius 1 is 1.17 bits per heavy atom. The molecule has 0 aliphatic carbocycles. The zero-order chi connectivity index (χ0) is 13.2. The summed E-state index contributed by atoms with van der Waals surface area (Å²) in [6.07, 6.45) is -1.89. The van der Waals surface area contributed by atoms with Crippen LogP contribution in [0.1, 0.15) is 31.0 Å². The van der Waals surface area contributed by atoms with Gasteiger partial charge in [-0.1, -0.05) is 31.5 Å². The standard InChI is InChI=1S/C14H14F3N/c1-2-3-6-10-9-13(14(15,16)17)18-12-8-5-4-7-11(10)12/h4-5,7-9H,2-3,6H2,1H3. The normalized spacial score (nSPS) is 12.0. The fraction of sp³-hybridized carbons (Fsp3) is 0.357. The second-order valence-corrected chi connectivity index (χ2v) is 4.29. The quantitative estimate of drug-likeness (QED) is 0.779. The highest BCUT2D eigenvalue weighted by atomic mass is 19.4. The molecule has 2 rings (SSSR count). The topological polar surface area (TPSA) is 12.9 Å². The lowest BCUT2D eigenvalue weighted by atomic mass is 10.0. The molecular weight excluding hydrogens is 239 g/mol. The summed E-state index contributed by atoms with van der Waals surface area (Å²) in [5.41, 5.74) is 0.348. The van der Waals surface area contributed by atoms with Gasteiger partial charge in [0.15, 0.2) is 0 Å². The number of aromatic nitrogens is 1. The van der Waals surface area contributed by atoms with E-state index in [-0.39, 0.29) is 0 Å². The first-order chi connectivity index (χ1) is 8.52. The summed E-state index contributed by atoms with van der Waals surface area (Å²) in [6.45, 7) is 2.02. The molecule has 0 atom stereocenters. The van der Waals surface area contributed by atoms with Crippen molar-refractivity contribution >= 4 is 10.9 Å². The van der Waals surface area contributed by atoms with Crippen molar-refractivity contribution in [3.05, 3.63) is 41.6 Å². The first-order valence-electron chi connectivity index (χ1n) is 5.98. The number of aryl methyl sites for hydroxylation is 1. The van der Waals surface area contributed by atoms with Crippen LogP contribution < -0.4 is 0 Å². The molecule has 2 aromatic rings. The number of para-hydroxylation sites is 1. The number of nitrogens with zero attached hydrogens (tertiary/aromatic N) is 1. The van der Waals surface area contributed by atoms with Gasteiger partial charge in [0.1, 0.15) is 5.69 Å². The van der Waals surface area contributed by atoms with E-state index in [4.69, 9.17) is 0 Å². The molecule has 0 bridgehead atoms. The highest BCUT2D eigenvalue weighted by Gasteiger charge is 2.33. The number of halogens is 3. The zero-order valence-corrected chi connectivity index (χ0v) is 10.1. The molecule has 1 nitrogen and oxygen atoms in total. The van der Waals surface area contributed by atoms with Gasteiger partial charge in [-0.05, 0) is 30.5 Å². The molecule has 1 aromatic heterocycles. The lowest BCUT2D eigenvalue weighted by Crippen LogP contribution is -2.09. The third kappa shape index (κ3) is 2.63. The van der Waals surface area contributed by atoms with E-state index in [0.29, 0.717) is 11.9 Å².